The van der Waals surface area contributed by atoms with Gasteiger partial charge in [0.2, 0.25) is 0 Å². The van der Waals surface area contributed by atoms with Crippen LogP contribution >= 0.6 is 0 Å². The van der Waals surface area contributed by atoms with E-state index in [2.05, 4.69) is 6.07 Å². The van der Waals surface area contributed by atoms with Gasteiger partial charge in [0.1, 0.15) is 11.6 Å². The van der Waals surface area contributed by atoms with Crippen LogP contribution in [0.4, 0.5) is 21.5 Å². The van der Waals surface area contributed by atoms with Gasteiger partial charge in [0.05, 0.1) is 18.5 Å². The molecule has 1 heterocycles. The monoisotopic (exact) mass is 258 g/mol. The average Bonchev–Trinajstić information content (AvgIpc) is 2.83. The molecule has 0 aliphatic carbocycles. The third-order valence-electron chi connectivity index (χ3n) is 3.48. The molecule has 0 amide bonds. The Bertz CT molecular complexity index is 628. The number of hydrogen-bond donors (Lipinski definition) is 1. The maximum absolute atomic E-state index is 14.1. The van der Waals surface area contributed by atoms with Crippen molar-refractivity contribution in [1.82, 2.24) is 0 Å². The predicted octanol–water partition coefficient (Wildman–Crippen LogP) is 3.11. The largest absolute Gasteiger partial charge is 0.495 e. The third kappa shape index (κ3) is 1.89. The van der Waals surface area contributed by atoms with Crippen molar-refractivity contribution in [3.63, 3.8) is 0 Å². The van der Waals surface area contributed by atoms with Gasteiger partial charge < -0.3 is 15.4 Å². The van der Waals surface area contributed by atoms with Gasteiger partial charge in [0.15, 0.2) is 0 Å². The summed E-state index contributed by atoms with van der Waals surface area (Å²) in [5, 5.41) is 0. The van der Waals surface area contributed by atoms with Crippen LogP contribution in [-0.2, 0) is 6.42 Å². The SMILES string of the molecule is COc1cc(N2CCc3ccccc32)c(F)cc1N. The second kappa shape index (κ2) is 4.46. The normalized spacial score (nSPS) is 13.5. The number of nitrogens with two attached hydrogens (primary N) is 1. The maximum Gasteiger partial charge on any atom is 0.149 e. The molecule has 19 heavy (non-hydrogen) atoms. The van der Waals surface area contributed by atoms with Gasteiger partial charge in [-0.25, -0.2) is 4.39 Å². The van der Waals surface area contributed by atoms with E-state index in [1.54, 1.807) is 6.07 Å². The maximum atomic E-state index is 14.1. The van der Waals surface area contributed by atoms with Crippen molar-refractivity contribution in [3.05, 3.63) is 47.8 Å². The molecule has 0 bridgehead atoms. The molecule has 0 fully saturated rings. The number of methoxy groups -OCH3 is 1. The molecule has 0 aromatic heterocycles. The van der Waals surface area contributed by atoms with Crippen LogP contribution in [0.1, 0.15) is 5.56 Å². The zero-order valence-electron chi connectivity index (χ0n) is 10.7. The van der Waals surface area contributed by atoms with E-state index in [0.29, 0.717) is 17.1 Å². The van der Waals surface area contributed by atoms with E-state index < -0.39 is 0 Å². The van der Waals surface area contributed by atoms with Gasteiger partial charge in [0.25, 0.3) is 0 Å². The Hall–Kier alpha value is -2.23. The van der Waals surface area contributed by atoms with Crippen molar-refractivity contribution >= 4 is 17.1 Å². The van der Waals surface area contributed by atoms with Crippen LogP contribution in [-0.4, -0.2) is 13.7 Å². The summed E-state index contributed by atoms with van der Waals surface area (Å²) in [6.45, 7) is 0.767. The lowest BCUT2D eigenvalue weighted by atomic mass is 10.2. The van der Waals surface area contributed by atoms with E-state index in [-0.39, 0.29) is 5.82 Å². The minimum Gasteiger partial charge on any atom is -0.495 e. The Kier molecular flexibility index (Phi) is 2.78. The standard InChI is InChI=1S/C15H15FN2O/c1-19-15-9-14(11(16)8-12(15)17)18-7-6-10-4-2-3-5-13(10)18/h2-5,8-9H,6-7,17H2,1H3. The molecule has 0 spiro atoms. The average molecular weight is 258 g/mol. The second-order valence-electron chi connectivity index (χ2n) is 4.58. The first-order chi connectivity index (χ1) is 9.20. The lowest BCUT2D eigenvalue weighted by molar-refractivity contribution is 0.416. The first-order valence-corrected chi connectivity index (χ1v) is 6.19. The van der Waals surface area contributed by atoms with E-state index in [4.69, 9.17) is 10.5 Å². The molecule has 4 heteroatoms. The number of nitrogen functional groups attached to an aromatic ring is 1. The van der Waals surface area contributed by atoms with Crippen molar-refractivity contribution in [3.8, 4) is 5.75 Å². The molecule has 0 radical (unpaired) electrons. The summed E-state index contributed by atoms with van der Waals surface area (Å²) < 4.78 is 19.3. The van der Waals surface area contributed by atoms with Crippen molar-refractivity contribution in [2.45, 2.75) is 6.42 Å². The number of nitrogens with zero attached hydrogens (tertiary/aromatic N) is 1. The summed E-state index contributed by atoms with van der Waals surface area (Å²) in [5.41, 5.74) is 8.82. The Labute approximate surface area is 111 Å². The highest BCUT2D eigenvalue weighted by atomic mass is 19.1. The fraction of sp³-hybridized carbons (Fsp3) is 0.200. The van der Waals surface area contributed by atoms with Gasteiger partial charge in [-0.1, -0.05) is 18.2 Å². The summed E-state index contributed by atoms with van der Waals surface area (Å²) >= 11 is 0. The summed E-state index contributed by atoms with van der Waals surface area (Å²) in [5.74, 6) is 0.177. The Morgan fingerprint density at radius 1 is 1.21 bits per heavy atom. The van der Waals surface area contributed by atoms with Crippen molar-refractivity contribution in [1.29, 1.82) is 0 Å². The van der Waals surface area contributed by atoms with Gasteiger partial charge in [-0.3, -0.25) is 0 Å². The van der Waals surface area contributed by atoms with E-state index in [1.165, 1.54) is 18.7 Å². The molecule has 98 valence electrons. The number of halogens is 1. The molecular weight excluding hydrogens is 243 g/mol. The van der Waals surface area contributed by atoms with Crippen LogP contribution < -0.4 is 15.4 Å². The van der Waals surface area contributed by atoms with Gasteiger partial charge in [-0.15, -0.1) is 0 Å². The first kappa shape index (κ1) is 11.8. The van der Waals surface area contributed by atoms with E-state index in [1.807, 2.05) is 23.1 Å². The van der Waals surface area contributed by atoms with Crippen LogP contribution in [0.2, 0.25) is 0 Å². The Balaban J connectivity index is 2.09. The van der Waals surface area contributed by atoms with Gasteiger partial charge in [-0.2, -0.15) is 0 Å². The summed E-state index contributed by atoms with van der Waals surface area (Å²) in [6.07, 6.45) is 0.919. The van der Waals surface area contributed by atoms with Crippen LogP contribution in [0.15, 0.2) is 36.4 Å². The highest BCUT2D eigenvalue weighted by molar-refractivity contribution is 5.73. The minimum absolute atomic E-state index is 0.316. The zero-order valence-corrected chi connectivity index (χ0v) is 10.7. The highest BCUT2D eigenvalue weighted by Crippen LogP contribution is 2.38. The minimum atomic E-state index is -0.324. The highest BCUT2D eigenvalue weighted by Gasteiger charge is 2.23. The molecule has 1 aliphatic heterocycles. The number of benzene rings is 2. The van der Waals surface area contributed by atoms with Crippen LogP contribution in [0.25, 0.3) is 0 Å². The molecule has 3 rings (SSSR count). The smallest absolute Gasteiger partial charge is 0.149 e. The van der Waals surface area contributed by atoms with Crippen molar-refractivity contribution in [2.75, 3.05) is 24.3 Å². The number of hydrogen-bond acceptors (Lipinski definition) is 3. The van der Waals surface area contributed by atoms with E-state index in [9.17, 15) is 4.39 Å². The summed E-state index contributed by atoms with van der Waals surface area (Å²) in [7, 11) is 1.53. The topological polar surface area (TPSA) is 38.5 Å². The van der Waals surface area contributed by atoms with Gasteiger partial charge in [-0.05, 0) is 18.1 Å². The molecule has 0 saturated heterocycles. The number of anilines is 3. The zero-order chi connectivity index (χ0) is 13.4. The van der Waals surface area contributed by atoms with Crippen molar-refractivity contribution in [2.24, 2.45) is 0 Å². The number of fused-ring (bicyclic) bond motifs is 1. The third-order valence-corrected chi connectivity index (χ3v) is 3.48. The molecule has 2 aromatic rings. The Morgan fingerprint density at radius 2 is 2.00 bits per heavy atom. The lowest BCUT2D eigenvalue weighted by Gasteiger charge is -2.21. The van der Waals surface area contributed by atoms with Gasteiger partial charge in [0, 0.05) is 24.4 Å². The molecule has 0 unspecified atom stereocenters. The first-order valence-electron chi connectivity index (χ1n) is 6.19. The number of rotatable bonds is 2. The van der Waals surface area contributed by atoms with Gasteiger partial charge >= 0.3 is 0 Å². The second-order valence-corrected chi connectivity index (χ2v) is 4.58. The van der Waals surface area contributed by atoms with E-state index >= 15 is 0 Å². The number of ether oxygens (including phenoxy) is 1. The molecule has 0 saturated carbocycles. The quantitative estimate of drug-likeness (QED) is 0.841. The molecule has 2 aromatic carbocycles. The molecule has 3 nitrogen and oxygen atoms in total. The summed E-state index contributed by atoms with van der Waals surface area (Å²) in [6, 6.07) is 11.0. The molecular formula is C15H15FN2O. The molecule has 2 N–H and O–H groups in total. The van der Waals surface area contributed by atoms with Crippen LogP contribution in [0.5, 0.6) is 5.75 Å². The fourth-order valence-electron chi connectivity index (χ4n) is 2.53. The van der Waals surface area contributed by atoms with Crippen molar-refractivity contribution < 1.29 is 9.13 Å². The van der Waals surface area contributed by atoms with Crippen LogP contribution in [0.3, 0.4) is 0 Å². The fourth-order valence-corrected chi connectivity index (χ4v) is 2.53. The lowest BCUT2D eigenvalue weighted by Crippen LogP contribution is -2.15. The number of para-hydroxylation sites is 1. The van der Waals surface area contributed by atoms with Crippen LogP contribution in [0, 0.1) is 5.82 Å². The van der Waals surface area contributed by atoms with E-state index in [0.717, 1.165) is 18.7 Å². The summed E-state index contributed by atoms with van der Waals surface area (Å²) in [4.78, 5) is 1.96. The predicted molar refractivity (Wildman–Crippen MR) is 74.5 cm³/mol. The Morgan fingerprint density at radius 3 is 2.79 bits per heavy atom. The molecule has 1 aliphatic rings. The molecule has 0 atom stereocenters.